The van der Waals surface area contributed by atoms with Crippen molar-refractivity contribution in [2.45, 2.75) is 33.6 Å². The molecule has 0 aliphatic heterocycles. The smallest absolute Gasteiger partial charge is 0.254 e. The Bertz CT molecular complexity index is 561. The van der Waals surface area contributed by atoms with Crippen molar-refractivity contribution in [1.82, 2.24) is 25.5 Å². The van der Waals surface area contributed by atoms with Crippen molar-refractivity contribution in [1.29, 1.82) is 0 Å². The Kier molecular flexibility index (Phi) is 4.26. The van der Waals surface area contributed by atoms with Crippen LogP contribution in [0.15, 0.2) is 6.33 Å². The number of carbonyl (C=O) groups excluding carboxylic acids is 1. The lowest BCUT2D eigenvalue weighted by molar-refractivity contribution is 0.0953. The van der Waals surface area contributed by atoms with Crippen LogP contribution in [0.25, 0.3) is 5.00 Å². The first-order valence-electron chi connectivity index (χ1n) is 6.26. The van der Waals surface area contributed by atoms with Crippen LogP contribution in [0.4, 0.5) is 0 Å². The van der Waals surface area contributed by atoms with E-state index in [9.17, 15) is 4.79 Å². The third kappa shape index (κ3) is 2.81. The summed E-state index contributed by atoms with van der Waals surface area (Å²) in [4.78, 5) is 13.4. The molecule has 2 aromatic heterocycles. The van der Waals surface area contributed by atoms with E-state index in [-0.39, 0.29) is 5.91 Å². The minimum absolute atomic E-state index is 0.0548. The predicted octanol–water partition coefficient (Wildman–Crippen LogP) is 1.87. The largest absolute Gasteiger partial charge is 0.352 e. The molecule has 0 saturated heterocycles. The molecule has 0 spiro atoms. The molecule has 0 bridgehead atoms. The fourth-order valence-electron chi connectivity index (χ4n) is 1.76. The van der Waals surface area contributed by atoms with Crippen LogP contribution in [-0.2, 0) is 0 Å². The number of hydrogen-bond acceptors (Lipinski definition) is 5. The summed E-state index contributed by atoms with van der Waals surface area (Å²) >= 11 is 1.53. The van der Waals surface area contributed by atoms with Gasteiger partial charge in [0.2, 0.25) is 0 Å². The van der Waals surface area contributed by atoms with Crippen LogP contribution in [0, 0.1) is 13.8 Å². The van der Waals surface area contributed by atoms with Crippen LogP contribution in [0.2, 0.25) is 0 Å². The quantitative estimate of drug-likeness (QED) is 0.848. The number of unbranched alkanes of at least 4 members (excludes halogenated alkanes) is 1. The van der Waals surface area contributed by atoms with E-state index < -0.39 is 0 Å². The number of hydrogen-bond donors (Lipinski definition) is 1. The zero-order chi connectivity index (χ0) is 13.8. The van der Waals surface area contributed by atoms with E-state index in [4.69, 9.17) is 0 Å². The average Bonchev–Trinajstić information content (AvgIpc) is 2.99. The van der Waals surface area contributed by atoms with Gasteiger partial charge in [0, 0.05) is 11.4 Å². The van der Waals surface area contributed by atoms with Crippen molar-refractivity contribution in [2.24, 2.45) is 0 Å². The van der Waals surface area contributed by atoms with Crippen LogP contribution in [0.1, 0.15) is 40.6 Å². The Morgan fingerprint density at radius 1 is 1.47 bits per heavy atom. The molecule has 6 nitrogen and oxygen atoms in total. The Hall–Kier alpha value is -1.76. The lowest BCUT2D eigenvalue weighted by Crippen LogP contribution is -2.25. The number of amides is 1. The van der Waals surface area contributed by atoms with E-state index in [0.29, 0.717) is 12.1 Å². The SMILES string of the molecule is CCCCNC(=O)c1c(-n2cnnn2)sc(C)c1C. The zero-order valence-corrected chi connectivity index (χ0v) is 12.1. The van der Waals surface area contributed by atoms with Gasteiger partial charge in [0.25, 0.3) is 5.91 Å². The third-order valence-corrected chi connectivity index (χ3v) is 4.16. The Labute approximate surface area is 115 Å². The molecule has 0 aliphatic carbocycles. The number of aryl methyl sites for hydroxylation is 1. The standard InChI is InChI=1S/C12H17N5OS/c1-4-5-6-13-11(18)10-8(2)9(3)19-12(10)17-7-14-15-16-17/h7H,4-6H2,1-3H3,(H,13,18). The van der Waals surface area contributed by atoms with E-state index in [0.717, 1.165) is 28.3 Å². The Balaban J connectivity index is 2.31. The van der Waals surface area contributed by atoms with E-state index in [1.165, 1.54) is 17.7 Å². The van der Waals surface area contributed by atoms with E-state index >= 15 is 0 Å². The van der Waals surface area contributed by atoms with Gasteiger partial charge in [0.05, 0.1) is 5.56 Å². The molecule has 2 rings (SSSR count). The molecule has 19 heavy (non-hydrogen) atoms. The summed E-state index contributed by atoms with van der Waals surface area (Å²) in [7, 11) is 0. The van der Waals surface area contributed by atoms with Gasteiger partial charge in [0.1, 0.15) is 11.3 Å². The second-order valence-corrected chi connectivity index (χ2v) is 5.53. The summed E-state index contributed by atoms with van der Waals surface area (Å²) in [5.74, 6) is -0.0548. The maximum atomic E-state index is 12.3. The number of thiophene rings is 1. The van der Waals surface area contributed by atoms with Gasteiger partial charge in [-0.1, -0.05) is 13.3 Å². The molecule has 0 saturated carbocycles. The topological polar surface area (TPSA) is 72.7 Å². The summed E-state index contributed by atoms with van der Waals surface area (Å²) in [5.41, 5.74) is 1.66. The van der Waals surface area contributed by atoms with E-state index in [2.05, 4.69) is 27.8 Å². The average molecular weight is 279 g/mol. The molecule has 2 heterocycles. The highest BCUT2D eigenvalue weighted by Gasteiger charge is 2.21. The zero-order valence-electron chi connectivity index (χ0n) is 11.3. The molecular weight excluding hydrogens is 262 g/mol. The lowest BCUT2D eigenvalue weighted by atomic mass is 10.1. The molecule has 2 aromatic rings. The summed E-state index contributed by atoms with van der Waals surface area (Å²) in [5, 5.41) is 14.8. The summed E-state index contributed by atoms with van der Waals surface area (Å²) < 4.78 is 1.54. The minimum atomic E-state index is -0.0548. The second-order valence-electron chi connectivity index (χ2n) is 4.33. The van der Waals surface area contributed by atoms with Crippen LogP contribution in [-0.4, -0.2) is 32.7 Å². The number of carbonyl (C=O) groups is 1. The van der Waals surface area contributed by atoms with E-state index in [1.54, 1.807) is 4.68 Å². The van der Waals surface area contributed by atoms with Crippen molar-refractivity contribution in [3.05, 3.63) is 22.3 Å². The van der Waals surface area contributed by atoms with Gasteiger partial charge in [-0.25, -0.2) is 0 Å². The van der Waals surface area contributed by atoms with Gasteiger partial charge < -0.3 is 5.32 Å². The van der Waals surface area contributed by atoms with Crippen molar-refractivity contribution in [3.63, 3.8) is 0 Å². The van der Waals surface area contributed by atoms with Gasteiger partial charge in [-0.05, 0) is 36.3 Å². The molecule has 0 fully saturated rings. The maximum absolute atomic E-state index is 12.3. The van der Waals surface area contributed by atoms with Crippen molar-refractivity contribution in [2.75, 3.05) is 6.54 Å². The van der Waals surface area contributed by atoms with Gasteiger partial charge >= 0.3 is 0 Å². The molecule has 0 aromatic carbocycles. The molecule has 0 unspecified atom stereocenters. The molecule has 1 amide bonds. The van der Waals surface area contributed by atoms with Gasteiger partial charge in [0.15, 0.2) is 0 Å². The van der Waals surface area contributed by atoms with Gasteiger partial charge in [-0.15, -0.1) is 16.4 Å². The molecule has 1 N–H and O–H groups in total. The third-order valence-electron chi connectivity index (χ3n) is 2.97. The number of aromatic nitrogens is 4. The van der Waals surface area contributed by atoms with Gasteiger partial charge in [-0.3, -0.25) is 4.79 Å². The lowest BCUT2D eigenvalue weighted by Gasteiger charge is -2.06. The highest BCUT2D eigenvalue weighted by atomic mass is 32.1. The van der Waals surface area contributed by atoms with Crippen LogP contribution >= 0.6 is 11.3 Å². The van der Waals surface area contributed by atoms with Crippen molar-refractivity contribution in [3.8, 4) is 5.00 Å². The maximum Gasteiger partial charge on any atom is 0.254 e. The first kappa shape index (κ1) is 13.7. The number of rotatable bonds is 5. The van der Waals surface area contributed by atoms with E-state index in [1.807, 2.05) is 13.8 Å². The fraction of sp³-hybridized carbons (Fsp3) is 0.500. The normalized spacial score (nSPS) is 10.7. The monoisotopic (exact) mass is 279 g/mol. The number of tetrazole rings is 1. The predicted molar refractivity (Wildman–Crippen MR) is 73.7 cm³/mol. The summed E-state index contributed by atoms with van der Waals surface area (Å²) in [6.07, 6.45) is 3.55. The van der Waals surface area contributed by atoms with Crippen LogP contribution < -0.4 is 5.32 Å². The molecule has 102 valence electrons. The van der Waals surface area contributed by atoms with Crippen molar-refractivity contribution < 1.29 is 4.79 Å². The molecular formula is C12H17N5OS. The number of nitrogens with zero attached hydrogens (tertiary/aromatic N) is 4. The Morgan fingerprint density at radius 3 is 2.89 bits per heavy atom. The molecule has 7 heteroatoms. The first-order valence-corrected chi connectivity index (χ1v) is 7.08. The second kappa shape index (κ2) is 5.92. The molecule has 0 aliphatic rings. The summed E-state index contributed by atoms with van der Waals surface area (Å²) in [6, 6.07) is 0. The van der Waals surface area contributed by atoms with Gasteiger partial charge in [-0.2, -0.15) is 4.68 Å². The fourth-order valence-corrected chi connectivity index (χ4v) is 2.83. The Morgan fingerprint density at radius 2 is 2.26 bits per heavy atom. The first-order chi connectivity index (χ1) is 9.15. The minimum Gasteiger partial charge on any atom is -0.352 e. The summed E-state index contributed by atoms with van der Waals surface area (Å²) in [6.45, 7) is 6.74. The number of nitrogens with one attached hydrogen (secondary N) is 1. The van der Waals surface area contributed by atoms with Crippen LogP contribution in [0.5, 0.6) is 0 Å². The van der Waals surface area contributed by atoms with Crippen molar-refractivity contribution >= 4 is 17.2 Å². The highest BCUT2D eigenvalue weighted by molar-refractivity contribution is 7.15. The van der Waals surface area contributed by atoms with Crippen LogP contribution in [0.3, 0.4) is 0 Å². The highest BCUT2D eigenvalue weighted by Crippen LogP contribution is 2.29. The molecule has 0 atom stereocenters. The molecule has 0 radical (unpaired) electrons.